The molecule has 1 aromatic carbocycles. The van der Waals surface area contributed by atoms with Gasteiger partial charge in [0.25, 0.3) is 0 Å². The summed E-state index contributed by atoms with van der Waals surface area (Å²) in [4.78, 5) is 18.8. The monoisotopic (exact) mass is 417 g/mol. The molecule has 1 aliphatic heterocycles. The number of nitrogens with one attached hydrogen (secondary N) is 1. The van der Waals surface area contributed by atoms with Crippen LogP contribution in [0.4, 0.5) is 10.1 Å². The van der Waals surface area contributed by atoms with Gasteiger partial charge >= 0.3 is 0 Å². The molecule has 1 N–H and O–H groups in total. The molecule has 5 rings (SSSR count). The molecule has 1 aliphatic carbocycles. The number of benzene rings is 1. The molecule has 1 fully saturated rings. The quantitative estimate of drug-likeness (QED) is 0.617. The number of nitrogens with zero attached hydrogens (tertiary/aromatic N) is 4. The van der Waals surface area contributed by atoms with E-state index >= 15 is 0 Å². The van der Waals surface area contributed by atoms with E-state index in [1.807, 2.05) is 37.5 Å². The molecule has 1 saturated carbocycles. The van der Waals surface area contributed by atoms with Crippen molar-refractivity contribution >= 4 is 17.7 Å². The zero-order valence-corrected chi connectivity index (χ0v) is 17.4. The number of carbonyl (C=O) groups excluding carboxylic acids is 1. The highest BCUT2D eigenvalue weighted by atomic mass is 19.1. The Labute approximate surface area is 180 Å². The first kappa shape index (κ1) is 19.6. The smallest absolute Gasteiger partial charge is 0.248 e. The summed E-state index contributed by atoms with van der Waals surface area (Å²) >= 11 is 0. The Morgan fingerprint density at radius 1 is 1.23 bits per heavy atom. The van der Waals surface area contributed by atoms with Crippen LogP contribution in [0.3, 0.4) is 0 Å². The van der Waals surface area contributed by atoms with Crippen LogP contribution in [0.15, 0.2) is 55.1 Å². The Kier molecular flexibility index (Phi) is 4.90. The fourth-order valence-corrected chi connectivity index (χ4v) is 4.06. The van der Waals surface area contributed by atoms with Gasteiger partial charge in [-0.1, -0.05) is 6.07 Å². The van der Waals surface area contributed by atoms with E-state index in [4.69, 9.17) is 0 Å². The van der Waals surface area contributed by atoms with E-state index in [2.05, 4.69) is 20.3 Å². The first-order valence-electron chi connectivity index (χ1n) is 10.4. The van der Waals surface area contributed by atoms with E-state index in [0.717, 1.165) is 41.0 Å². The molecule has 0 atom stereocenters. The van der Waals surface area contributed by atoms with Crippen LogP contribution in [0, 0.1) is 0 Å². The lowest BCUT2D eigenvalue weighted by molar-refractivity contribution is -0.111. The predicted molar refractivity (Wildman–Crippen MR) is 118 cm³/mol. The Balaban J connectivity index is 1.25. The topological polar surface area (TPSA) is 63.1 Å². The van der Waals surface area contributed by atoms with Crippen molar-refractivity contribution in [3.05, 3.63) is 71.8 Å². The van der Waals surface area contributed by atoms with Gasteiger partial charge in [-0.25, -0.2) is 4.39 Å². The lowest BCUT2D eigenvalue weighted by Crippen LogP contribution is -2.26. The summed E-state index contributed by atoms with van der Waals surface area (Å²) < 4.78 is 15.8. The van der Waals surface area contributed by atoms with E-state index in [1.165, 1.54) is 11.6 Å². The summed E-state index contributed by atoms with van der Waals surface area (Å²) in [5, 5.41) is 7.14. The highest BCUT2D eigenvalue weighted by Crippen LogP contribution is 2.42. The van der Waals surface area contributed by atoms with Crippen LogP contribution in [-0.4, -0.2) is 37.8 Å². The molecule has 0 radical (unpaired) electrons. The second-order valence-electron chi connectivity index (χ2n) is 8.47. The Morgan fingerprint density at radius 3 is 2.84 bits per heavy atom. The van der Waals surface area contributed by atoms with Crippen LogP contribution in [0.5, 0.6) is 0 Å². The molecule has 3 heterocycles. The lowest BCUT2D eigenvalue weighted by Gasteiger charge is -2.16. The van der Waals surface area contributed by atoms with Crippen LogP contribution in [0.1, 0.15) is 29.5 Å². The van der Waals surface area contributed by atoms with E-state index in [9.17, 15) is 9.18 Å². The molecule has 2 aromatic heterocycles. The molecule has 7 heteroatoms. The maximum absolute atomic E-state index is 14.1. The summed E-state index contributed by atoms with van der Waals surface area (Å²) in [6, 6.07) is 7.82. The van der Waals surface area contributed by atoms with Crippen molar-refractivity contribution in [3.8, 4) is 11.1 Å². The van der Waals surface area contributed by atoms with Gasteiger partial charge in [0.15, 0.2) is 0 Å². The normalized spacial score (nSPS) is 17.1. The van der Waals surface area contributed by atoms with Crippen LogP contribution in [0.2, 0.25) is 0 Å². The molecule has 0 bridgehead atoms. The SMILES string of the molecule is Cn1cc(-c2ccncc2/C=C/C(=O)Nc2ccc3c(c2)CN(CC2(F)CC2)C3)cn1. The molecule has 0 spiro atoms. The first-order chi connectivity index (χ1) is 15.0. The summed E-state index contributed by atoms with van der Waals surface area (Å²) in [5.41, 5.74) is 4.89. The number of carbonyl (C=O) groups is 1. The van der Waals surface area contributed by atoms with Crippen LogP contribution in [-0.2, 0) is 24.9 Å². The minimum Gasteiger partial charge on any atom is -0.323 e. The van der Waals surface area contributed by atoms with Gasteiger partial charge in [0.2, 0.25) is 5.91 Å². The largest absolute Gasteiger partial charge is 0.323 e. The molecule has 31 heavy (non-hydrogen) atoms. The van der Waals surface area contributed by atoms with Crippen molar-refractivity contribution in [1.29, 1.82) is 0 Å². The number of alkyl halides is 1. The highest BCUT2D eigenvalue weighted by Gasteiger charge is 2.45. The molecule has 0 saturated heterocycles. The number of aryl methyl sites for hydroxylation is 1. The van der Waals surface area contributed by atoms with Crippen molar-refractivity contribution in [2.75, 3.05) is 11.9 Å². The molecule has 6 nitrogen and oxygen atoms in total. The number of pyridine rings is 1. The maximum Gasteiger partial charge on any atom is 0.248 e. The van der Waals surface area contributed by atoms with Crippen molar-refractivity contribution in [2.24, 2.45) is 7.05 Å². The van der Waals surface area contributed by atoms with Crippen molar-refractivity contribution in [3.63, 3.8) is 0 Å². The third-order valence-electron chi connectivity index (χ3n) is 5.84. The molecule has 158 valence electrons. The van der Waals surface area contributed by atoms with E-state index < -0.39 is 5.67 Å². The second-order valence-corrected chi connectivity index (χ2v) is 8.47. The zero-order valence-electron chi connectivity index (χ0n) is 17.4. The Morgan fingerprint density at radius 2 is 2.06 bits per heavy atom. The van der Waals surface area contributed by atoms with E-state index in [-0.39, 0.29) is 5.91 Å². The van der Waals surface area contributed by atoms with E-state index in [1.54, 1.807) is 29.3 Å². The molecule has 3 aromatic rings. The second kappa shape index (κ2) is 7.74. The van der Waals surface area contributed by atoms with Crippen molar-refractivity contribution in [1.82, 2.24) is 19.7 Å². The number of fused-ring (bicyclic) bond motifs is 1. The standard InChI is InChI=1S/C24H24FN5O/c1-29-13-20(12-27-29)22-6-9-26-11-17(22)3-5-23(31)28-21-4-2-18-14-30(15-19(18)10-21)16-24(25)7-8-24/h2-6,9-13H,7-8,14-16H2,1H3,(H,28,31)/b5-3+. The van der Waals surface area contributed by atoms with Gasteiger partial charge in [0.1, 0.15) is 5.67 Å². The zero-order chi connectivity index (χ0) is 21.4. The lowest BCUT2D eigenvalue weighted by atomic mass is 10.0. The van der Waals surface area contributed by atoms with Crippen LogP contribution < -0.4 is 5.32 Å². The first-order valence-corrected chi connectivity index (χ1v) is 10.4. The maximum atomic E-state index is 14.1. The van der Waals surface area contributed by atoms with Crippen LogP contribution in [0.25, 0.3) is 17.2 Å². The number of hydrogen-bond donors (Lipinski definition) is 1. The number of hydrogen-bond acceptors (Lipinski definition) is 4. The van der Waals surface area contributed by atoms with Crippen molar-refractivity contribution in [2.45, 2.75) is 31.6 Å². The minimum atomic E-state index is -0.981. The van der Waals surface area contributed by atoms with Gasteiger partial charge in [-0.3, -0.25) is 19.4 Å². The number of halogens is 1. The predicted octanol–water partition coefficient (Wildman–Crippen LogP) is 3.95. The number of anilines is 1. The number of rotatable bonds is 6. The van der Waals surface area contributed by atoms with E-state index in [0.29, 0.717) is 19.4 Å². The van der Waals surface area contributed by atoms with Gasteiger partial charge < -0.3 is 5.32 Å². The van der Waals surface area contributed by atoms with Gasteiger partial charge in [-0.2, -0.15) is 5.10 Å². The number of aromatic nitrogens is 3. The van der Waals surface area contributed by atoms with Gasteiger partial charge in [0, 0.05) is 68.2 Å². The van der Waals surface area contributed by atoms with Gasteiger partial charge in [0.05, 0.1) is 6.20 Å². The van der Waals surface area contributed by atoms with Gasteiger partial charge in [-0.15, -0.1) is 0 Å². The Bertz CT molecular complexity index is 1160. The number of amides is 1. The Hall–Kier alpha value is -3.32. The molecule has 1 amide bonds. The summed E-state index contributed by atoms with van der Waals surface area (Å²) in [6.45, 7) is 1.99. The fraction of sp³-hybridized carbons (Fsp3) is 0.292. The average Bonchev–Trinajstić information content (AvgIpc) is 3.13. The average molecular weight is 417 g/mol. The molecule has 0 unspecified atom stereocenters. The summed E-state index contributed by atoms with van der Waals surface area (Å²) in [6.07, 6.45) is 11.8. The molecular weight excluding hydrogens is 393 g/mol. The summed E-state index contributed by atoms with van der Waals surface area (Å²) in [5.74, 6) is -0.212. The highest BCUT2D eigenvalue weighted by molar-refractivity contribution is 6.02. The third kappa shape index (κ3) is 4.41. The van der Waals surface area contributed by atoms with Crippen LogP contribution >= 0.6 is 0 Å². The third-order valence-corrected chi connectivity index (χ3v) is 5.84. The molecule has 2 aliphatic rings. The molecular formula is C24H24FN5O. The van der Waals surface area contributed by atoms with Crippen molar-refractivity contribution < 1.29 is 9.18 Å². The summed E-state index contributed by atoms with van der Waals surface area (Å²) in [7, 11) is 1.87. The minimum absolute atomic E-state index is 0.212. The van der Waals surface area contributed by atoms with Gasteiger partial charge in [-0.05, 0) is 53.8 Å². The fourth-order valence-electron chi connectivity index (χ4n) is 4.06.